The third kappa shape index (κ3) is 3.43. The first kappa shape index (κ1) is 19.0. The van der Waals surface area contributed by atoms with Crippen molar-refractivity contribution in [3.05, 3.63) is 69.1 Å². The minimum atomic E-state index is -0.228. The number of aryl methyl sites for hydroxylation is 1. The van der Waals surface area contributed by atoms with Gasteiger partial charge in [0.15, 0.2) is 5.69 Å². The van der Waals surface area contributed by atoms with Gasteiger partial charge in [-0.3, -0.25) is 9.59 Å². The third-order valence-corrected chi connectivity index (χ3v) is 5.46. The topological polar surface area (TPSA) is 82.2 Å². The van der Waals surface area contributed by atoms with E-state index >= 15 is 0 Å². The molecule has 1 saturated heterocycles. The number of rotatable bonds is 2. The van der Waals surface area contributed by atoms with Crippen molar-refractivity contribution in [1.82, 2.24) is 14.7 Å². The van der Waals surface area contributed by atoms with E-state index in [1.807, 2.05) is 0 Å². The van der Waals surface area contributed by atoms with Crippen LogP contribution in [0.5, 0.6) is 0 Å². The van der Waals surface area contributed by atoms with Crippen LogP contribution < -0.4 is 10.5 Å². The quantitative estimate of drug-likeness (QED) is 0.651. The Kier molecular flexibility index (Phi) is 4.95. The summed E-state index contributed by atoms with van der Waals surface area (Å²) < 4.78 is 1.21. The second kappa shape index (κ2) is 7.57. The standard InChI is InChI=1S/C21H18ClN5O2/c1-25-20(28)16-5-3-2-4-15(16)19(24-25)21(29)27-10-8-26(9-11-27)18-12-14(13-23)6-7-17(18)22/h2-7,12H,8-11H2,1H3. The van der Waals surface area contributed by atoms with Gasteiger partial charge in [-0.05, 0) is 24.3 Å². The molecule has 1 fully saturated rings. The lowest BCUT2D eigenvalue weighted by atomic mass is 10.1. The second-order valence-electron chi connectivity index (χ2n) is 6.88. The van der Waals surface area contributed by atoms with Gasteiger partial charge in [0.05, 0.1) is 27.7 Å². The molecular weight excluding hydrogens is 390 g/mol. The summed E-state index contributed by atoms with van der Waals surface area (Å²) >= 11 is 6.30. The first-order valence-corrected chi connectivity index (χ1v) is 9.57. The fourth-order valence-corrected chi connectivity index (χ4v) is 3.82. The van der Waals surface area contributed by atoms with Crippen LogP contribution in [0, 0.1) is 11.3 Å². The highest BCUT2D eigenvalue weighted by Gasteiger charge is 2.26. The van der Waals surface area contributed by atoms with Gasteiger partial charge in [0, 0.05) is 38.6 Å². The van der Waals surface area contributed by atoms with Crippen LogP contribution in [-0.4, -0.2) is 46.8 Å². The SMILES string of the molecule is Cn1nc(C(=O)N2CCN(c3cc(C#N)ccc3Cl)CC2)c2ccccc2c1=O. The summed E-state index contributed by atoms with van der Waals surface area (Å²) in [6, 6.07) is 14.3. The Morgan fingerprint density at radius 3 is 2.48 bits per heavy atom. The summed E-state index contributed by atoms with van der Waals surface area (Å²) in [5.74, 6) is -0.201. The molecule has 4 rings (SSSR count). The molecule has 0 saturated carbocycles. The Morgan fingerprint density at radius 1 is 1.10 bits per heavy atom. The number of carbonyl (C=O) groups is 1. The summed E-state index contributed by atoms with van der Waals surface area (Å²) in [6.45, 7) is 2.16. The van der Waals surface area contributed by atoms with Gasteiger partial charge in [0.25, 0.3) is 11.5 Å². The van der Waals surface area contributed by atoms with Crippen LogP contribution in [0.25, 0.3) is 10.8 Å². The number of amides is 1. The smallest absolute Gasteiger partial charge is 0.275 e. The number of nitrogens with zero attached hydrogens (tertiary/aromatic N) is 5. The Morgan fingerprint density at radius 2 is 1.79 bits per heavy atom. The van der Waals surface area contributed by atoms with Crippen molar-refractivity contribution in [2.75, 3.05) is 31.1 Å². The van der Waals surface area contributed by atoms with Crippen LogP contribution in [-0.2, 0) is 7.05 Å². The van der Waals surface area contributed by atoms with E-state index in [9.17, 15) is 9.59 Å². The molecule has 0 aliphatic carbocycles. The molecule has 0 unspecified atom stereocenters. The van der Waals surface area contributed by atoms with Crippen LogP contribution in [0.1, 0.15) is 16.1 Å². The van der Waals surface area contributed by atoms with E-state index in [1.54, 1.807) is 54.4 Å². The fourth-order valence-electron chi connectivity index (χ4n) is 3.58. The van der Waals surface area contributed by atoms with Crippen molar-refractivity contribution in [3.8, 4) is 6.07 Å². The average molecular weight is 408 g/mol. The van der Waals surface area contributed by atoms with E-state index in [-0.39, 0.29) is 17.2 Å². The molecule has 0 atom stereocenters. The van der Waals surface area contributed by atoms with E-state index in [2.05, 4.69) is 16.1 Å². The minimum absolute atomic E-state index is 0.201. The van der Waals surface area contributed by atoms with Gasteiger partial charge in [-0.2, -0.15) is 10.4 Å². The molecule has 146 valence electrons. The predicted octanol–water partition coefficient (Wildman–Crippen LogP) is 2.42. The monoisotopic (exact) mass is 407 g/mol. The first-order valence-electron chi connectivity index (χ1n) is 9.19. The number of piperazine rings is 1. The molecule has 1 aliphatic heterocycles. The zero-order chi connectivity index (χ0) is 20.5. The van der Waals surface area contributed by atoms with Crippen molar-refractivity contribution in [2.24, 2.45) is 7.05 Å². The molecule has 2 aromatic carbocycles. The summed E-state index contributed by atoms with van der Waals surface area (Å²) in [5.41, 5.74) is 1.39. The molecule has 7 nitrogen and oxygen atoms in total. The maximum Gasteiger partial charge on any atom is 0.275 e. The van der Waals surface area contributed by atoms with Crippen LogP contribution in [0.3, 0.4) is 0 Å². The van der Waals surface area contributed by atoms with Gasteiger partial charge in [-0.15, -0.1) is 0 Å². The Labute approximate surface area is 172 Å². The normalized spacial score (nSPS) is 14.1. The zero-order valence-electron chi connectivity index (χ0n) is 15.8. The first-order chi connectivity index (χ1) is 14.0. The van der Waals surface area contributed by atoms with Crippen LogP contribution in [0.15, 0.2) is 47.3 Å². The van der Waals surface area contributed by atoms with Gasteiger partial charge in [0.1, 0.15) is 0 Å². The number of benzene rings is 2. The average Bonchev–Trinajstić information content (AvgIpc) is 2.76. The van der Waals surface area contributed by atoms with E-state index in [0.717, 1.165) is 5.69 Å². The second-order valence-corrected chi connectivity index (χ2v) is 7.29. The van der Waals surface area contributed by atoms with Crippen molar-refractivity contribution < 1.29 is 4.79 Å². The minimum Gasteiger partial charge on any atom is -0.367 e. The number of fused-ring (bicyclic) bond motifs is 1. The molecule has 2 heterocycles. The largest absolute Gasteiger partial charge is 0.367 e. The maximum atomic E-state index is 13.1. The summed E-state index contributed by atoms with van der Waals surface area (Å²) in [7, 11) is 1.55. The molecule has 0 spiro atoms. The molecule has 1 aromatic heterocycles. The number of aromatic nitrogens is 2. The third-order valence-electron chi connectivity index (χ3n) is 5.14. The number of nitriles is 1. The lowest BCUT2D eigenvalue weighted by Gasteiger charge is -2.36. The highest BCUT2D eigenvalue weighted by atomic mass is 35.5. The number of hydrogen-bond donors (Lipinski definition) is 0. The Balaban J connectivity index is 1.58. The van der Waals surface area contributed by atoms with Crippen molar-refractivity contribution in [1.29, 1.82) is 5.26 Å². The number of hydrogen-bond acceptors (Lipinski definition) is 5. The van der Waals surface area contributed by atoms with Crippen LogP contribution in [0.2, 0.25) is 5.02 Å². The van der Waals surface area contributed by atoms with Gasteiger partial charge in [0.2, 0.25) is 0 Å². The summed E-state index contributed by atoms with van der Waals surface area (Å²) in [4.78, 5) is 29.2. The van der Waals surface area contributed by atoms with Crippen LogP contribution >= 0.6 is 11.6 Å². The van der Waals surface area contributed by atoms with Gasteiger partial charge >= 0.3 is 0 Å². The molecule has 0 bridgehead atoms. The predicted molar refractivity (Wildman–Crippen MR) is 111 cm³/mol. The Hall–Kier alpha value is -3.37. The van der Waals surface area contributed by atoms with Crippen molar-refractivity contribution in [3.63, 3.8) is 0 Å². The summed E-state index contributed by atoms with van der Waals surface area (Å²) in [5, 5.41) is 15.0. The highest BCUT2D eigenvalue weighted by molar-refractivity contribution is 6.33. The number of halogens is 1. The summed E-state index contributed by atoms with van der Waals surface area (Å²) in [6.07, 6.45) is 0. The highest BCUT2D eigenvalue weighted by Crippen LogP contribution is 2.28. The lowest BCUT2D eigenvalue weighted by Crippen LogP contribution is -2.49. The fraction of sp³-hybridized carbons (Fsp3) is 0.238. The van der Waals surface area contributed by atoms with Gasteiger partial charge in [-0.1, -0.05) is 29.8 Å². The molecule has 1 aliphatic rings. The maximum absolute atomic E-state index is 13.1. The van der Waals surface area contributed by atoms with E-state index in [4.69, 9.17) is 16.9 Å². The Bertz CT molecular complexity index is 1210. The van der Waals surface area contributed by atoms with Crippen molar-refractivity contribution in [2.45, 2.75) is 0 Å². The molecule has 0 N–H and O–H groups in total. The zero-order valence-corrected chi connectivity index (χ0v) is 16.6. The van der Waals surface area contributed by atoms with Gasteiger partial charge in [-0.25, -0.2) is 4.68 Å². The molecule has 29 heavy (non-hydrogen) atoms. The van der Waals surface area contributed by atoms with Gasteiger partial charge < -0.3 is 9.80 Å². The molecular formula is C21H18ClN5O2. The van der Waals surface area contributed by atoms with Crippen molar-refractivity contribution >= 4 is 34.0 Å². The lowest BCUT2D eigenvalue weighted by molar-refractivity contribution is 0.0740. The molecule has 1 amide bonds. The molecule has 3 aromatic rings. The van der Waals surface area contributed by atoms with Crippen LogP contribution in [0.4, 0.5) is 5.69 Å². The molecule has 8 heteroatoms. The number of carbonyl (C=O) groups excluding carboxylic acids is 1. The van der Waals surface area contributed by atoms with E-state index in [1.165, 1.54) is 4.68 Å². The van der Waals surface area contributed by atoms with E-state index in [0.29, 0.717) is 47.5 Å². The van der Waals surface area contributed by atoms with E-state index < -0.39 is 0 Å². The molecule has 0 radical (unpaired) electrons. The number of anilines is 1.